The highest BCUT2D eigenvalue weighted by atomic mass is 16.5. The van der Waals surface area contributed by atoms with E-state index < -0.39 is 0 Å². The number of rotatable bonds is 7. The molecule has 0 radical (unpaired) electrons. The van der Waals surface area contributed by atoms with Crippen molar-refractivity contribution in [2.24, 2.45) is 5.73 Å². The summed E-state index contributed by atoms with van der Waals surface area (Å²) in [5.74, 6) is 0. The van der Waals surface area contributed by atoms with Crippen molar-refractivity contribution in [1.82, 2.24) is 0 Å². The molecule has 0 amide bonds. The fraction of sp³-hybridized carbons (Fsp3) is 1.00. The van der Waals surface area contributed by atoms with Crippen LogP contribution in [-0.4, -0.2) is 19.8 Å². The van der Waals surface area contributed by atoms with Crippen molar-refractivity contribution in [1.29, 1.82) is 0 Å². The first-order valence-corrected chi connectivity index (χ1v) is 4.55. The molecular weight excluding hydrogens is 138 g/mol. The summed E-state index contributed by atoms with van der Waals surface area (Å²) >= 11 is 0. The van der Waals surface area contributed by atoms with Crippen molar-refractivity contribution >= 4 is 0 Å². The maximum atomic E-state index is 5.83. The Balaban J connectivity index is 2.97. The van der Waals surface area contributed by atoms with Gasteiger partial charge in [-0.25, -0.2) is 0 Å². The number of nitrogens with two attached hydrogens (primary N) is 1. The summed E-state index contributed by atoms with van der Waals surface area (Å²) in [4.78, 5) is 0. The third-order valence-corrected chi connectivity index (χ3v) is 1.83. The van der Waals surface area contributed by atoms with Gasteiger partial charge in [0.2, 0.25) is 0 Å². The molecule has 11 heavy (non-hydrogen) atoms. The lowest BCUT2D eigenvalue weighted by Crippen LogP contribution is -2.19. The third-order valence-electron chi connectivity index (χ3n) is 1.83. The quantitative estimate of drug-likeness (QED) is 0.576. The van der Waals surface area contributed by atoms with Crippen LogP contribution in [0.3, 0.4) is 0 Å². The van der Waals surface area contributed by atoms with Gasteiger partial charge in [0.1, 0.15) is 0 Å². The van der Waals surface area contributed by atoms with Crippen LogP contribution < -0.4 is 5.73 Å². The molecular formula is C9H21NO. The summed E-state index contributed by atoms with van der Waals surface area (Å²) in [5.41, 5.74) is 5.83. The average molecular weight is 159 g/mol. The predicted molar refractivity (Wildman–Crippen MR) is 48.6 cm³/mol. The van der Waals surface area contributed by atoms with Crippen LogP contribution in [0.2, 0.25) is 0 Å². The lowest BCUT2D eigenvalue weighted by Gasteiger charge is -2.08. The van der Waals surface area contributed by atoms with Crippen molar-refractivity contribution in [3.63, 3.8) is 0 Å². The average Bonchev–Trinajstić information content (AvgIpc) is 1.99. The normalized spacial score (nSPS) is 13.4. The highest BCUT2D eigenvalue weighted by Gasteiger charge is 1.99. The number of methoxy groups -OCH3 is 1. The predicted octanol–water partition coefficient (Wildman–Crippen LogP) is 1.93. The van der Waals surface area contributed by atoms with Gasteiger partial charge in [-0.15, -0.1) is 0 Å². The van der Waals surface area contributed by atoms with Crippen molar-refractivity contribution in [2.45, 2.75) is 45.1 Å². The van der Waals surface area contributed by atoms with Crippen LogP contribution in [0, 0.1) is 0 Å². The van der Waals surface area contributed by atoms with Crippen molar-refractivity contribution in [2.75, 3.05) is 13.7 Å². The van der Waals surface area contributed by atoms with Crippen LogP contribution in [0.25, 0.3) is 0 Å². The molecule has 0 unspecified atom stereocenters. The number of unbranched alkanes of at least 4 members (excludes halogenated alkanes) is 1. The summed E-state index contributed by atoms with van der Waals surface area (Å²) < 4.78 is 4.94. The van der Waals surface area contributed by atoms with Gasteiger partial charge in [-0.2, -0.15) is 0 Å². The van der Waals surface area contributed by atoms with Crippen LogP contribution in [0.1, 0.15) is 39.0 Å². The van der Waals surface area contributed by atoms with Crippen LogP contribution in [0.4, 0.5) is 0 Å². The first-order chi connectivity index (χ1) is 5.31. The molecule has 0 bridgehead atoms. The van der Waals surface area contributed by atoms with Gasteiger partial charge < -0.3 is 10.5 Å². The largest absolute Gasteiger partial charge is 0.385 e. The molecule has 0 aliphatic carbocycles. The minimum absolute atomic E-state index is 0.414. The Morgan fingerprint density at radius 1 is 1.27 bits per heavy atom. The van der Waals surface area contributed by atoms with Crippen molar-refractivity contribution in [3.05, 3.63) is 0 Å². The van der Waals surface area contributed by atoms with E-state index in [0.717, 1.165) is 25.9 Å². The van der Waals surface area contributed by atoms with E-state index in [2.05, 4.69) is 6.92 Å². The lowest BCUT2D eigenvalue weighted by atomic mass is 10.1. The fourth-order valence-corrected chi connectivity index (χ4v) is 1.17. The van der Waals surface area contributed by atoms with Gasteiger partial charge in [-0.05, 0) is 25.7 Å². The molecule has 0 heterocycles. The van der Waals surface area contributed by atoms with E-state index in [1.54, 1.807) is 7.11 Å². The van der Waals surface area contributed by atoms with E-state index in [-0.39, 0.29) is 0 Å². The monoisotopic (exact) mass is 159 g/mol. The Hall–Kier alpha value is -0.0800. The smallest absolute Gasteiger partial charge is 0.0462 e. The molecule has 68 valence electrons. The minimum atomic E-state index is 0.414. The molecule has 2 nitrogen and oxygen atoms in total. The summed E-state index contributed by atoms with van der Waals surface area (Å²) in [6.45, 7) is 3.05. The molecule has 2 N–H and O–H groups in total. The Morgan fingerprint density at radius 3 is 2.55 bits per heavy atom. The van der Waals surface area contributed by atoms with E-state index in [0.29, 0.717) is 6.04 Å². The second-order valence-corrected chi connectivity index (χ2v) is 3.04. The first-order valence-electron chi connectivity index (χ1n) is 4.55. The van der Waals surface area contributed by atoms with Gasteiger partial charge in [-0.3, -0.25) is 0 Å². The second kappa shape index (κ2) is 8.02. The Morgan fingerprint density at radius 2 is 2.00 bits per heavy atom. The highest BCUT2D eigenvalue weighted by molar-refractivity contribution is 4.59. The fourth-order valence-electron chi connectivity index (χ4n) is 1.17. The SMILES string of the molecule is CCC[C@H](N)CCCCOC. The lowest BCUT2D eigenvalue weighted by molar-refractivity contribution is 0.191. The van der Waals surface area contributed by atoms with Gasteiger partial charge >= 0.3 is 0 Å². The summed E-state index contributed by atoms with van der Waals surface area (Å²) in [6.07, 6.45) is 5.86. The van der Waals surface area contributed by atoms with Crippen LogP contribution in [-0.2, 0) is 4.74 Å². The van der Waals surface area contributed by atoms with E-state index in [9.17, 15) is 0 Å². The van der Waals surface area contributed by atoms with Crippen LogP contribution in [0.15, 0.2) is 0 Å². The zero-order chi connectivity index (χ0) is 8.53. The summed E-state index contributed by atoms with van der Waals surface area (Å²) in [7, 11) is 1.74. The summed E-state index contributed by atoms with van der Waals surface area (Å²) in [6, 6.07) is 0.414. The molecule has 0 aliphatic rings. The van der Waals surface area contributed by atoms with E-state index in [4.69, 9.17) is 10.5 Å². The van der Waals surface area contributed by atoms with Crippen molar-refractivity contribution in [3.8, 4) is 0 Å². The van der Waals surface area contributed by atoms with E-state index >= 15 is 0 Å². The molecule has 0 aromatic rings. The van der Waals surface area contributed by atoms with Gasteiger partial charge in [0.15, 0.2) is 0 Å². The highest BCUT2D eigenvalue weighted by Crippen LogP contribution is 2.03. The first kappa shape index (κ1) is 10.9. The van der Waals surface area contributed by atoms with Gasteiger partial charge in [0.25, 0.3) is 0 Å². The number of hydrogen-bond donors (Lipinski definition) is 1. The molecule has 2 heteroatoms. The molecule has 0 rings (SSSR count). The van der Waals surface area contributed by atoms with Crippen LogP contribution in [0.5, 0.6) is 0 Å². The van der Waals surface area contributed by atoms with Crippen LogP contribution >= 0.6 is 0 Å². The molecule has 0 aliphatic heterocycles. The number of ether oxygens (including phenoxy) is 1. The second-order valence-electron chi connectivity index (χ2n) is 3.04. The Kier molecular flexibility index (Phi) is 7.96. The molecule has 0 fully saturated rings. The van der Waals surface area contributed by atoms with Gasteiger partial charge in [0, 0.05) is 19.8 Å². The summed E-state index contributed by atoms with van der Waals surface area (Å²) in [5, 5.41) is 0. The Labute approximate surface area is 70.1 Å². The van der Waals surface area contributed by atoms with Gasteiger partial charge in [-0.1, -0.05) is 13.3 Å². The zero-order valence-corrected chi connectivity index (χ0v) is 7.81. The van der Waals surface area contributed by atoms with E-state index in [1.807, 2.05) is 0 Å². The molecule has 0 aromatic heterocycles. The molecule has 0 saturated carbocycles. The molecule has 0 saturated heterocycles. The number of hydrogen-bond acceptors (Lipinski definition) is 2. The third kappa shape index (κ3) is 7.82. The minimum Gasteiger partial charge on any atom is -0.385 e. The van der Waals surface area contributed by atoms with E-state index in [1.165, 1.54) is 12.8 Å². The zero-order valence-electron chi connectivity index (χ0n) is 7.81. The maximum Gasteiger partial charge on any atom is 0.0462 e. The standard InChI is InChI=1S/C9H21NO/c1-3-6-9(10)7-4-5-8-11-2/h9H,3-8,10H2,1-2H3/t9-/m0/s1. The topological polar surface area (TPSA) is 35.2 Å². The molecule has 0 spiro atoms. The molecule has 1 atom stereocenters. The Bertz CT molecular complexity index is 76.0. The molecule has 0 aromatic carbocycles. The van der Waals surface area contributed by atoms with Gasteiger partial charge in [0.05, 0.1) is 0 Å². The maximum absolute atomic E-state index is 5.83. The van der Waals surface area contributed by atoms with Crippen molar-refractivity contribution < 1.29 is 4.74 Å².